The van der Waals surface area contributed by atoms with Gasteiger partial charge in [-0.25, -0.2) is 0 Å². The summed E-state index contributed by atoms with van der Waals surface area (Å²) < 4.78 is 0. The van der Waals surface area contributed by atoms with Crippen molar-refractivity contribution in [3.05, 3.63) is 89.7 Å². The van der Waals surface area contributed by atoms with E-state index in [1.54, 1.807) is 0 Å². The van der Waals surface area contributed by atoms with Crippen LogP contribution in [0.5, 0.6) is 0 Å². The second-order valence-electron chi connectivity index (χ2n) is 5.99. The number of halogens is 1. The molecule has 0 amide bonds. The van der Waals surface area contributed by atoms with E-state index in [0.717, 1.165) is 5.02 Å². The van der Waals surface area contributed by atoms with Gasteiger partial charge in [-0.15, -0.1) is 0 Å². The molecule has 1 aromatic heterocycles. The fraction of sp³-hybridized carbons (Fsp3) is 0.0455. The maximum absolute atomic E-state index is 6.03. The van der Waals surface area contributed by atoms with Gasteiger partial charge >= 0.3 is 0 Å². The summed E-state index contributed by atoms with van der Waals surface area (Å²) >= 11 is 6.03. The number of aryl methyl sites for hydroxylation is 1. The molecule has 1 nitrogen and oxygen atoms in total. The highest BCUT2D eigenvalue weighted by molar-refractivity contribution is 6.30. The largest absolute Gasteiger partial charge is 0.265 e. The monoisotopic (exact) mass is 329 g/mol. The topological polar surface area (TPSA) is 12.9 Å². The normalized spacial score (nSPS) is 10.9. The molecule has 0 aliphatic heterocycles. The molecule has 0 spiro atoms. The molecular weight excluding hydrogens is 314 g/mol. The van der Waals surface area contributed by atoms with Crippen molar-refractivity contribution in [3.63, 3.8) is 0 Å². The van der Waals surface area contributed by atoms with E-state index < -0.39 is 0 Å². The lowest BCUT2D eigenvalue weighted by molar-refractivity contribution is 1.33. The highest BCUT2D eigenvalue weighted by Gasteiger charge is 2.07. The van der Waals surface area contributed by atoms with Gasteiger partial charge in [-0.2, -0.15) is 0 Å². The number of rotatable bonds is 2. The van der Waals surface area contributed by atoms with Crippen LogP contribution in [-0.2, 0) is 0 Å². The van der Waals surface area contributed by atoms with Gasteiger partial charge in [-0.1, -0.05) is 48.0 Å². The van der Waals surface area contributed by atoms with Crippen LogP contribution in [0.15, 0.2) is 79.1 Å². The number of hydrogen-bond acceptors (Lipinski definition) is 1. The maximum atomic E-state index is 6.03. The number of nitrogens with zero attached hydrogens (tertiary/aromatic N) is 1. The Bertz CT molecular complexity index is 1010. The van der Waals surface area contributed by atoms with E-state index in [4.69, 9.17) is 11.6 Å². The Labute approximate surface area is 146 Å². The standard InChI is InChI=1S/C22H16ClN/c1-15-12-19-14-18(16-8-10-24-11-9-16)4-7-21(19)22(13-15)17-2-5-20(23)6-3-17/h2-14H,1H3. The van der Waals surface area contributed by atoms with E-state index in [-0.39, 0.29) is 0 Å². The number of pyridine rings is 1. The molecule has 0 saturated heterocycles. The van der Waals surface area contributed by atoms with E-state index in [2.05, 4.69) is 54.4 Å². The van der Waals surface area contributed by atoms with Crippen molar-refractivity contribution in [3.8, 4) is 22.3 Å². The summed E-state index contributed by atoms with van der Waals surface area (Å²) in [6.07, 6.45) is 3.66. The van der Waals surface area contributed by atoms with E-state index >= 15 is 0 Å². The molecule has 4 aromatic rings. The molecule has 0 aliphatic rings. The first-order valence-electron chi connectivity index (χ1n) is 7.91. The zero-order valence-electron chi connectivity index (χ0n) is 13.3. The summed E-state index contributed by atoms with van der Waals surface area (Å²) in [5.41, 5.74) is 6.06. The SMILES string of the molecule is Cc1cc(-c2ccc(Cl)cc2)c2ccc(-c3ccncc3)cc2c1. The predicted molar refractivity (Wildman–Crippen MR) is 102 cm³/mol. The van der Waals surface area contributed by atoms with Crippen molar-refractivity contribution in [2.24, 2.45) is 0 Å². The molecule has 0 atom stereocenters. The Kier molecular flexibility index (Phi) is 3.79. The van der Waals surface area contributed by atoms with Crippen molar-refractivity contribution in [1.82, 2.24) is 4.98 Å². The Hall–Kier alpha value is -2.64. The van der Waals surface area contributed by atoms with Gasteiger partial charge < -0.3 is 0 Å². The highest BCUT2D eigenvalue weighted by atomic mass is 35.5. The van der Waals surface area contributed by atoms with Crippen LogP contribution in [-0.4, -0.2) is 4.98 Å². The van der Waals surface area contributed by atoms with Crippen LogP contribution in [0.2, 0.25) is 5.02 Å². The van der Waals surface area contributed by atoms with Crippen LogP contribution in [0.3, 0.4) is 0 Å². The third-order valence-corrected chi connectivity index (χ3v) is 4.52. The first-order chi connectivity index (χ1) is 11.7. The van der Waals surface area contributed by atoms with Gasteiger partial charge in [-0.05, 0) is 75.8 Å². The molecule has 1 heterocycles. The quantitative estimate of drug-likeness (QED) is 0.407. The minimum Gasteiger partial charge on any atom is -0.265 e. The van der Waals surface area contributed by atoms with Gasteiger partial charge in [0.2, 0.25) is 0 Å². The molecule has 2 heteroatoms. The summed E-state index contributed by atoms with van der Waals surface area (Å²) in [4.78, 5) is 4.10. The lowest BCUT2D eigenvalue weighted by Crippen LogP contribution is -1.86. The summed E-state index contributed by atoms with van der Waals surface area (Å²) in [5, 5.41) is 3.26. The summed E-state index contributed by atoms with van der Waals surface area (Å²) in [7, 11) is 0. The van der Waals surface area contributed by atoms with Crippen LogP contribution in [0, 0.1) is 6.92 Å². The second-order valence-corrected chi connectivity index (χ2v) is 6.43. The van der Waals surface area contributed by atoms with Crippen LogP contribution < -0.4 is 0 Å². The average molecular weight is 330 g/mol. The molecule has 116 valence electrons. The van der Waals surface area contributed by atoms with Gasteiger partial charge in [0.1, 0.15) is 0 Å². The second kappa shape index (κ2) is 6.10. The minimum atomic E-state index is 0.760. The van der Waals surface area contributed by atoms with E-state index in [1.807, 2.05) is 36.7 Å². The third-order valence-electron chi connectivity index (χ3n) is 4.27. The van der Waals surface area contributed by atoms with E-state index in [0.29, 0.717) is 0 Å². The van der Waals surface area contributed by atoms with E-state index in [9.17, 15) is 0 Å². The van der Waals surface area contributed by atoms with Crippen LogP contribution in [0.1, 0.15) is 5.56 Å². The highest BCUT2D eigenvalue weighted by Crippen LogP contribution is 2.33. The summed E-state index contributed by atoms with van der Waals surface area (Å²) in [6, 6.07) is 23.2. The smallest absolute Gasteiger partial charge is 0.0406 e. The van der Waals surface area contributed by atoms with Crippen molar-refractivity contribution in [2.75, 3.05) is 0 Å². The number of fused-ring (bicyclic) bond motifs is 1. The molecule has 0 N–H and O–H groups in total. The lowest BCUT2D eigenvalue weighted by atomic mass is 9.94. The maximum Gasteiger partial charge on any atom is 0.0406 e. The van der Waals surface area contributed by atoms with Gasteiger partial charge in [-0.3, -0.25) is 4.98 Å². The number of hydrogen-bond donors (Lipinski definition) is 0. The molecule has 0 radical (unpaired) electrons. The van der Waals surface area contributed by atoms with Crippen molar-refractivity contribution < 1.29 is 0 Å². The first-order valence-corrected chi connectivity index (χ1v) is 8.29. The Balaban J connectivity index is 1.92. The average Bonchev–Trinajstić information content (AvgIpc) is 2.62. The first kappa shape index (κ1) is 14.9. The predicted octanol–water partition coefficient (Wildman–Crippen LogP) is 6.53. The fourth-order valence-corrected chi connectivity index (χ4v) is 3.24. The van der Waals surface area contributed by atoms with Gasteiger partial charge in [0.05, 0.1) is 0 Å². The third kappa shape index (κ3) is 2.79. The number of aromatic nitrogens is 1. The van der Waals surface area contributed by atoms with Crippen LogP contribution in [0.4, 0.5) is 0 Å². The molecule has 3 aromatic carbocycles. The van der Waals surface area contributed by atoms with Crippen LogP contribution >= 0.6 is 11.6 Å². The van der Waals surface area contributed by atoms with Gasteiger partial charge in [0.25, 0.3) is 0 Å². The Morgan fingerprint density at radius 3 is 2.17 bits per heavy atom. The molecule has 0 aliphatic carbocycles. The molecule has 0 saturated carbocycles. The van der Waals surface area contributed by atoms with Gasteiger partial charge in [0, 0.05) is 17.4 Å². The Morgan fingerprint density at radius 1 is 0.708 bits per heavy atom. The molecule has 0 unspecified atom stereocenters. The summed E-state index contributed by atoms with van der Waals surface area (Å²) in [6.45, 7) is 2.14. The molecular formula is C22H16ClN. The lowest BCUT2D eigenvalue weighted by Gasteiger charge is -2.11. The van der Waals surface area contributed by atoms with Crippen molar-refractivity contribution in [1.29, 1.82) is 0 Å². The van der Waals surface area contributed by atoms with Crippen molar-refractivity contribution >= 4 is 22.4 Å². The van der Waals surface area contributed by atoms with Crippen LogP contribution in [0.25, 0.3) is 33.0 Å². The minimum absolute atomic E-state index is 0.760. The number of benzene rings is 3. The molecule has 0 bridgehead atoms. The summed E-state index contributed by atoms with van der Waals surface area (Å²) in [5.74, 6) is 0. The fourth-order valence-electron chi connectivity index (χ4n) is 3.11. The zero-order valence-corrected chi connectivity index (χ0v) is 14.1. The molecule has 24 heavy (non-hydrogen) atoms. The molecule has 4 rings (SSSR count). The zero-order chi connectivity index (χ0) is 16.5. The molecule has 0 fully saturated rings. The van der Waals surface area contributed by atoms with Gasteiger partial charge in [0.15, 0.2) is 0 Å². The Morgan fingerprint density at radius 2 is 1.42 bits per heavy atom. The van der Waals surface area contributed by atoms with Crippen molar-refractivity contribution in [2.45, 2.75) is 6.92 Å². The van der Waals surface area contributed by atoms with E-state index in [1.165, 1.54) is 38.6 Å².